The minimum Gasteiger partial charge on any atom is -0.494 e. The van der Waals surface area contributed by atoms with Gasteiger partial charge in [0, 0.05) is 6.42 Å². The fraction of sp³-hybridized carbons (Fsp3) is 0.556. The predicted octanol–water partition coefficient (Wildman–Crippen LogP) is 2.93. The number of ether oxygens (including phenoxy) is 1. The first-order chi connectivity index (χ1) is 10.9. The first-order valence-corrected chi connectivity index (χ1v) is 8.20. The first kappa shape index (κ1) is 17.5. The zero-order valence-electron chi connectivity index (χ0n) is 14.5. The summed E-state index contributed by atoms with van der Waals surface area (Å²) in [5.74, 6) is 1.89. The van der Waals surface area contributed by atoms with E-state index in [-0.39, 0.29) is 0 Å². The SMILES string of the molecule is CCOc1ccc(CCCc2ncnn2CC(C)(C)O)cc1C. The van der Waals surface area contributed by atoms with Crippen LogP contribution in [0.3, 0.4) is 0 Å². The highest BCUT2D eigenvalue weighted by Crippen LogP contribution is 2.20. The van der Waals surface area contributed by atoms with E-state index in [0.717, 1.165) is 30.8 Å². The summed E-state index contributed by atoms with van der Waals surface area (Å²) in [6, 6.07) is 6.36. The summed E-state index contributed by atoms with van der Waals surface area (Å²) in [5.41, 5.74) is 1.70. The standard InChI is InChI=1S/C18H27N3O2/c1-5-23-16-10-9-15(11-14(16)2)7-6-8-17-19-13-20-21(17)12-18(3,4)22/h9-11,13,22H,5-8,12H2,1-4H3. The molecule has 0 bridgehead atoms. The van der Waals surface area contributed by atoms with Crippen molar-refractivity contribution in [2.75, 3.05) is 6.61 Å². The van der Waals surface area contributed by atoms with Crippen LogP contribution in [-0.2, 0) is 19.4 Å². The Balaban J connectivity index is 1.90. The minimum atomic E-state index is -0.783. The third kappa shape index (κ3) is 5.36. The molecular weight excluding hydrogens is 290 g/mol. The van der Waals surface area contributed by atoms with Crippen molar-refractivity contribution in [1.29, 1.82) is 0 Å². The van der Waals surface area contributed by atoms with Gasteiger partial charge in [-0.1, -0.05) is 12.1 Å². The van der Waals surface area contributed by atoms with Crippen LogP contribution >= 0.6 is 0 Å². The van der Waals surface area contributed by atoms with Gasteiger partial charge in [-0.2, -0.15) is 5.10 Å². The average Bonchev–Trinajstić information content (AvgIpc) is 2.87. The molecule has 0 spiro atoms. The van der Waals surface area contributed by atoms with Crippen LogP contribution in [-0.4, -0.2) is 32.1 Å². The molecule has 0 radical (unpaired) electrons. The largest absolute Gasteiger partial charge is 0.494 e. The molecule has 0 aliphatic carbocycles. The number of hydrogen-bond acceptors (Lipinski definition) is 4. The average molecular weight is 317 g/mol. The van der Waals surface area contributed by atoms with E-state index in [9.17, 15) is 5.11 Å². The Labute approximate surface area is 138 Å². The second-order valence-electron chi connectivity index (χ2n) is 6.53. The molecule has 0 saturated heterocycles. The van der Waals surface area contributed by atoms with Gasteiger partial charge >= 0.3 is 0 Å². The monoisotopic (exact) mass is 317 g/mol. The van der Waals surface area contributed by atoms with Crippen LogP contribution in [0.25, 0.3) is 0 Å². The van der Waals surface area contributed by atoms with E-state index >= 15 is 0 Å². The second-order valence-corrected chi connectivity index (χ2v) is 6.53. The summed E-state index contributed by atoms with van der Waals surface area (Å²) < 4.78 is 7.37. The number of hydrogen-bond donors (Lipinski definition) is 1. The Bertz CT molecular complexity index is 629. The van der Waals surface area contributed by atoms with Gasteiger partial charge in [0.2, 0.25) is 0 Å². The van der Waals surface area contributed by atoms with Crippen LogP contribution < -0.4 is 4.74 Å². The normalized spacial score (nSPS) is 11.7. The van der Waals surface area contributed by atoms with Crippen LogP contribution in [0.5, 0.6) is 5.75 Å². The number of rotatable bonds is 8. The fourth-order valence-corrected chi connectivity index (χ4v) is 2.62. The van der Waals surface area contributed by atoms with Crippen molar-refractivity contribution >= 4 is 0 Å². The van der Waals surface area contributed by atoms with E-state index in [4.69, 9.17) is 4.74 Å². The maximum atomic E-state index is 9.92. The number of aryl methyl sites for hydroxylation is 3. The molecule has 0 aliphatic heterocycles. The topological polar surface area (TPSA) is 60.2 Å². The molecular formula is C18H27N3O2. The van der Waals surface area contributed by atoms with Gasteiger partial charge in [0.15, 0.2) is 0 Å². The maximum absolute atomic E-state index is 9.92. The van der Waals surface area contributed by atoms with Crippen molar-refractivity contribution in [2.45, 2.75) is 59.1 Å². The van der Waals surface area contributed by atoms with Crippen molar-refractivity contribution in [3.05, 3.63) is 41.5 Å². The minimum absolute atomic E-state index is 0.463. The lowest BCUT2D eigenvalue weighted by Gasteiger charge is -2.18. The molecule has 1 aromatic carbocycles. The van der Waals surface area contributed by atoms with Gasteiger partial charge in [0.1, 0.15) is 17.9 Å². The summed E-state index contributed by atoms with van der Waals surface area (Å²) in [7, 11) is 0. The van der Waals surface area contributed by atoms with Gasteiger partial charge in [-0.3, -0.25) is 0 Å². The Hall–Kier alpha value is -1.88. The Morgan fingerprint density at radius 1 is 1.26 bits per heavy atom. The summed E-state index contributed by atoms with van der Waals surface area (Å²) >= 11 is 0. The molecule has 0 atom stereocenters. The lowest BCUT2D eigenvalue weighted by atomic mass is 10.0. The fourth-order valence-electron chi connectivity index (χ4n) is 2.62. The van der Waals surface area contributed by atoms with Crippen LogP contribution in [0, 0.1) is 6.92 Å². The molecule has 0 saturated carbocycles. The summed E-state index contributed by atoms with van der Waals surface area (Å²) in [6.07, 6.45) is 4.39. The van der Waals surface area contributed by atoms with E-state index in [1.54, 1.807) is 24.9 Å². The van der Waals surface area contributed by atoms with Crippen LogP contribution in [0.1, 0.15) is 44.1 Å². The molecule has 5 heteroatoms. The highest BCUT2D eigenvalue weighted by Gasteiger charge is 2.16. The van der Waals surface area contributed by atoms with Gasteiger partial charge < -0.3 is 9.84 Å². The quantitative estimate of drug-likeness (QED) is 0.813. The Kier molecular flexibility index (Phi) is 5.77. The number of aliphatic hydroxyl groups is 1. The lowest BCUT2D eigenvalue weighted by molar-refractivity contribution is 0.0566. The van der Waals surface area contributed by atoms with Crippen molar-refractivity contribution in [1.82, 2.24) is 14.8 Å². The molecule has 2 rings (SSSR count). The molecule has 23 heavy (non-hydrogen) atoms. The highest BCUT2D eigenvalue weighted by molar-refractivity contribution is 5.36. The molecule has 2 aromatic rings. The van der Waals surface area contributed by atoms with Crippen molar-refractivity contribution < 1.29 is 9.84 Å². The molecule has 126 valence electrons. The zero-order valence-corrected chi connectivity index (χ0v) is 14.5. The molecule has 1 heterocycles. The van der Waals surface area contributed by atoms with Crippen LogP contribution in [0.2, 0.25) is 0 Å². The smallest absolute Gasteiger partial charge is 0.138 e. The molecule has 0 fully saturated rings. The van der Waals surface area contributed by atoms with Crippen molar-refractivity contribution in [3.63, 3.8) is 0 Å². The number of aromatic nitrogens is 3. The van der Waals surface area contributed by atoms with Gasteiger partial charge in [-0.05, 0) is 57.7 Å². The van der Waals surface area contributed by atoms with Crippen LogP contribution in [0.4, 0.5) is 0 Å². The summed E-state index contributed by atoms with van der Waals surface area (Å²) in [4.78, 5) is 4.31. The first-order valence-electron chi connectivity index (χ1n) is 8.20. The van der Waals surface area contributed by atoms with Gasteiger partial charge in [-0.15, -0.1) is 0 Å². The molecule has 0 amide bonds. The van der Waals surface area contributed by atoms with E-state index in [2.05, 4.69) is 29.1 Å². The predicted molar refractivity (Wildman–Crippen MR) is 90.7 cm³/mol. The van der Waals surface area contributed by atoms with Crippen LogP contribution in [0.15, 0.2) is 24.5 Å². The third-order valence-electron chi connectivity index (χ3n) is 3.64. The van der Waals surface area contributed by atoms with Crippen molar-refractivity contribution in [2.24, 2.45) is 0 Å². The maximum Gasteiger partial charge on any atom is 0.138 e. The summed E-state index contributed by atoms with van der Waals surface area (Å²) in [6.45, 7) is 8.79. The van der Waals surface area contributed by atoms with E-state index in [0.29, 0.717) is 13.2 Å². The molecule has 1 aromatic heterocycles. The number of nitrogens with zero attached hydrogens (tertiary/aromatic N) is 3. The van der Waals surface area contributed by atoms with Gasteiger partial charge in [0.05, 0.1) is 18.8 Å². The third-order valence-corrected chi connectivity index (χ3v) is 3.64. The Morgan fingerprint density at radius 3 is 2.70 bits per heavy atom. The second kappa shape index (κ2) is 7.59. The van der Waals surface area contributed by atoms with Gasteiger partial charge in [-0.25, -0.2) is 9.67 Å². The van der Waals surface area contributed by atoms with E-state index in [1.165, 1.54) is 11.1 Å². The lowest BCUT2D eigenvalue weighted by Crippen LogP contribution is -2.27. The molecule has 1 N–H and O–H groups in total. The zero-order chi connectivity index (χ0) is 16.9. The van der Waals surface area contributed by atoms with E-state index in [1.807, 2.05) is 13.0 Å². The van der Waals surface area contributed by atoms with Crippen molar-refractivity contribution in [3.8, 4) is 5.75 Å². The Morgan fingerprint density at radius 2 is 2.04 bits per heavy atom. The molecule has 5 nitrogen and oxygen atoms in total. The van der Waals surface area contributed by atoms with E-state index < -0.39 is 5.60 Å². The highest BCUT2D eigenvalue weighted by atomic mass is 16.5. The molecule has 0 unspecified atom stereocenters. The molecule has 0 aliphatic rings. The van der Waals surface area contributed by atoms with Gasteiger partial charge in [0.25, 0.3) is 0 Å². The summed E-state index contributed by atoms with van der Waals surface area (Å²) in [5, 5.41) is 14.1. The number of benzene rings is 1.